The third-order valence-corrected chi connectivity index (χ3v) is 3.41. The first-order valence-electron chi connectivity index (χ1n) is 6.93. The summed E-state index contributed by atoms with van der Waals surface area (Å²) in [6.07, 6.45) is 3.48. The van der Waals surface area contributed by atoms with E-state index < -0.39 is 0 Å². The molecule has 5 heteroatoms. The Balaban J connectivity index is 2.25. The molecule has 1 aliphatic carbocycles. The van der Waals surface area contributed by atoms with Crippen molar-refractivity contribution in [1.29, 1.82) is 0 Å². The van der Waals surface area contributed by atoms with E-state index in [0.717, 1.165) is 12.8 Å². The van der Waals surface area contributed by atoms with E-state index in [2.05, 4.69) is 5.32 Å². The summed E-state index contributed by atoms with van der Waals surface area (Å²) in [6.45, 7) is 2.61. The molecule has 1 amide bonds. The highest BCUT2D eigenvalue weighted by Gasteiger charge is 2.29. The fourth-order valence-corrected chi connectivity index (χ4v) is 2.22. The molecule has 0 radical (unpaired) electrons. The second kappa shape index (κ2) is 6.43. The highest BCUT2D eigenvalue weighted by Crippen LogP contribution is 2.35. The zero-order chi connectivity index (χ0) is 15.4. The van der Waals surface area contributed by atoms with E-state index in [4.69, 9.17) is 9.47 Å². The molecule has 0 saturated carbocycles. The van der Waals surface area contributed by atoms with Crippen LogP contribution in [0.3, 0.4) is 0 Å². The van der Waals surface area contributed by atoms with Gasteiger partial charge in [-0.2, -0.15) is 0 Å². The van der Waals surface area contributed by atoms with E-state index in [-0.39, 0.29) is 17.3 Å². The van der Waals surface area contributed by atoms with Gasteiger partial charge in [0.1, 0.15) is 0 Å². The monoisotopic (exact) mass is 289 g/mol. The lowest BCUT2D eigenvalue weighted by molar-refractivity contribution is -0.117. The highest BCUT2D eigenvalue weighted by molar-refractivity contribution is 6.32. The highest BCUT2D eigenvalue weighted by atomic mass is 16.5. The van der Waals surface area contributed by atoms with Crippen LogP contribution in [0.2, 0.25) is 0 Å². The van der Waals surface area contributed by atoms with Gasteiger partial charge in [-0.05, 0) is 30.2 Å². The van der Waals surface area contributed by atoms with E-state index in [0.29, 0.717) is 29.2 Å². The number of rotatable bonds is 6. The van der Waals surface area contributed by atoms with Crippen LogP contribution in [0.5, 0.6) is 11.5 Å². The number of hydrogen-bond acceptors (Lipinski definition) is 4. The van der Waals surface area contributed by atoms with E-state index in [9.17, 15) is 9.59 Å². The summed E-state index contributed by atoms with van der Waals surface area (Å²) >= 11 is 0. The van der Waals surface area contributed by atoms with E-state index in [1.54, 1.807) is 18.2 Å². The molecule has 0 heterocycles. The fourth-order valence-electron chi connectivity index (χ4n) is 2.22. The van der Waals surface area contributed by atoms with Gasteiger partial charge in [-0.3, -0.25) is 9.59 Å². The van der Waals surface area contributed by atoms with Crippen molar-refractivity contribution in [2.24, 2.45) is 0 Å². The van der Waals surface area contributed by atoms with Gasteiger partial charge < -0.3 is 14.8 Å². The lowest BCUT2D eigenvalue weighted by atomic mass is 10.1. The normalized spacial score (nSPS) is 12.7. The third kappa shape index (κ3) is 2.91. The molecule has 0 aliphatic heterocycles. The van der Waals surface area contributed by atoms with Gasteiger partial charge in [-0.15, -0.1) is 0 Å². The summed E-state index contributed by atoms with van der Waals surface area (Å²) in [7, 11) is 3.04. The number of carbonyl (C=O) groups is 2. The maximum atomic E-state index is 12.3. The number of unbranched alkanes of at least 4 members (excludes halogenated alkanes) is 1. The van der Waals surface area contributed by atoms with Crippen molar-refractivity contribution in [3.05, 3.63) is 28.8 Å². The summed E-state index contributed by atoms with van der Waals surface area (Å²) in [4.78, 5) is 24.4. The number of benzene rings is 1. The second-order valence-corrected chi connectivity index (χ2v) is 4.79. The van der Waals surface area contributed by atoms with Crippen LogP contribution in [0.15, 0.2) is 17.7 Å². The summed E-state index contributed by atoms with van der Waals surface area (Å²) in [6, 6.07) is 3.32. The Bertz CT molecular complexity index is 605. The first-order chi connectivity index (χ1) is 10.1. The Morgan fingerprint density at radius 3 is 2.48 bits per heavy atom. The lowest BCUT2D eigenvalue weighted by Gasteiger charge is -2.09. The Labute approximate surface area is 123 Å². The van der Waals surface area contributed by atoms with Gasteiger partial charge in [0.15, 0.2) is 17.3 Å². The minimum atomic E-state index is -0.331. The van der Waals surface area contributed by atoms with Crippen LogP contribution in [0, 0.1) is 0 Å². The molecular weight excluding hydrogens is 270 g/mol. The molecule has 0 unspecified atom stereocenters. The Kier molecular flexibility index (Phi) is 4.62. The molecule has 2 rings (SSSR count). The quantitative estimate of drug-likeness (QED) is 0.644. The molecule has 5 nitrogen and oxygen atoms in total. The number of amides is 1. The predicted octanol–water partition coefficient (Wildman–Crippen LogP) is 2.20. The first-order valence-corrected chi connectivity index (χ1v) is 6.93. The molecule has 0 fully saturated rings. The van der Waals surface area contributed by atoms with Crippen LogP contribution >= 0.6 is 0 Å². The van der Waals surface area contributed by atoms with Crippen molar-refractivity contribution >= 4 is 17.8 Å². The summed E-state index contributed by atoms with van der Waals surface area (Å²) < 4.78 is 10.4. The average Bonchev–Trinajstić information content (AvgIpc) is 2.82. The van der Waals surface area contributed by atoms with Crippen LogP contribution in [-0.4, -0.2) is 32.5 Å². The van der Waals surface area contributed by atoms with Gasteiger partial charge >= 0.3 is 0 Å². The molecule has 21 heavy (non-hydrogen) atoms. The maximum absolute atomic E-state index is 12.3. The Morgan fingerprint density at radius 2 is 1.86 bits per heavy atom. The van der Waals surface area contributed by atoms with Crippen molar-refractivity contribution in [3.8, 4) is 11.5 Å². The third-order valence-electron chi connectivity index (χ3n) is 3.41. The molecule has 1 aromatic carbocycles. The SMILES string of the molecule is CCCCNC(=O)C1=Cc2cc(OC)c(OC)cc2C1=O. The predicted molar refractivity (Wildman–Crippen MR) is 79.8 cm³/mol. The van der Waals surface area contributed by atoms with Gasteiger partial charge in [0, 0.05) is 12.1 Å². The molecular formula is C16H19NO4. The number of hydrogen-bond donors (Lipinski definition) is 1. The Hall–Kier alpha value is -2.30. The smallest absolute Gasteiger partial charge is 0.255 e. The van der Waals surface area contributed by atoms with Crippen molar-refractivity contribution < 1.29 is 19.1 Å². The molecule has 0 atom stereocenters. The van der Waals surface area contributed by atoms with Gasteiger partial charge in [0.2, 0.25) is 0 Å². The first kappa shape index (κ1) is 15.1. The van der Waals surface area contributed by atoms with Crippen LogP contribution < -0.4 is 14.8 Å². The number of ether oxygens (including phenoxy) is 2. The zero-order valence-electron chi connectivity index (χ0n) is 12.5. The van der Waals surface area contributed by atoms with Crippen LogP contribution in [0.4, 0.5) is 0 Å². The largest absolute Gasteiger partial charge is 0.493 e. The van der Waals surface area contributed by atoms with Crippen molar-refractivity contribution in [1.82, 2.24) is 5.32 Å². The summed E-state index contributed by atoms with van der Waals surface area (Å²) in [5.41, 5.74) is 1.31. The summed E-state index contributed by atoms with van der Waals surface area (Å²) in [5, 5.41) is 2.76. The van der Waals surface area contributed by atoms with Crippen LogP contribution in [0.25, 0.3) is 6.08 Å². The molecule has 0 saturated heterocycles. The average molecular weight is 289 g/mol. The van der Waals surface area contributed by atoms with Crippen molar-refractivity contribution in [2.45, 2.75) is 19.8 Å². The minimum Gasteiger partial charge on any atom is -0.493 e. The van der Waals surface area contributed by atoms with Gasteiger partial charge in [-0.25, -0.2) is 0 Å². The lowest BCUT2D eigenvalue weighted by Crippen LogP contribution is -2.28. The number of ketones is 1. The second-order valence-electron chi connectivity index (χ2n) is 4.79. The minimum absolute atomic E-state index is 0.163. The topological polar surface area (TPSA) is 64.6 Å². The number of methoxy groups -OCH3 is 2. The van der Waals surface area contributed by atoms with Crippen molar-refractivity contribution in [2.75, 3.05) is 20.8 Å². The molecule has 1 aliphatic rings. The van der Waals surface area contributed by atoms with E-state index >= 15 is 0 Å². The fraction of sp³-hybridized carbons (Fsp3) is 0.375. The molecule has 1 N–H and O–H groups in total. The number of carbonyl (C=O) groups excluding carboxylic acids is 2. The maximum Gasteiger partial charge on any atom is 0.255 e. The van der Waals surface area contributed by atoms with Gasteiger partial charge in [-0.1, -0.05) is 13.3 Å². The van der Waals surface area contributed by atoms with E-state index in [1.165, 1.54) is 14.2 Å². The zero-order valence-corrected chi connectivity index (χ0v) is 12.5. The number of Topliss-reactive ketones (excluding diaryl/α,β-unsaturated/α-hetero) is 1. The number of fused-ring (bicyclic) bond motifs is 1. The van der Waals surface area contributed by atoms with Crippen LogP contribution in [0.1, 0.15) is 35.7 Å². The van der Waals surface area contributed by atoms with Gasteiger partial charge in [0.05, 0.1) is 19.8 Å². The molecule has 1 aromatic rings. The Morgan fingerprint density at radius 1 is 1.19 bits per heavy atom. The van der Waals surface area contributed by atoms with Crippen LogP contribution in [-0.2, 0) is 4.79 Å². The molecule has 0 bridgehead atoms. The van der Waals surface area contributed by atoms with Crippen molar-refractivity contribution in [3.63, 3.8) is 0 Å². The molecule has 112 valence electrons. The van der Waals surface area contributed by atoms with E-state index in [1.807, 2.05) is 6.92 Å². The standard InChI is InChI=1S/C16H19NO4/c1-4-5-6-17-16(19)12-7-10-8-13(20-2)14(21-3)9-11(10)15(12)18/h7-9H,4-6H2,1-3H3,(H,17,19). The van der Waals surface area contributed by atoms with Gasteiger partial charge in [0.25, 0.3) is 5.91 Å². The molecule has 0 spiro atoms. The summed E-state index contributed by atoms with van der Waals surface area (Å²) in [5.74, 6) is 0.404. The molecule has 0 aromatic heterocycles. The number of nitrogens with one attached hydrogen (secondary N) is 1.